The van der Waals surface area contributed by atoms with E-state index in [9.17, 15) is 4.79 Å². The molecule has 1 aliphatic rings. The van der Waals surface area contributed by atoms with Gasteiger partial charge in [-0.2, -0.15) is 0 Å². The highest BCUT2D eigenvalue weighted by atomic mass is 16.2. The molecule has 2 amide bonds. The lowest BCUT2D eigenvalue weighted by molar-refractivity contribution is 0.138. The second-order valence-corrected chi connectivity index (χ2v) is 6.79. The van der Waals surface area contributed by atoms with Gasteiger partial charge >= 0.3 is 6.03 Å². The molecule has 1 fully saturated rings. The lowest BCUT2D eigenvalue weighted by Crippen LogP contribution is -2.47. The molecular formula is C18H30N4O. The van der Waals surface area contributed by atoms with Gasteiger partial charge in [0, 0.05) is 45.0 Å². The Hall–Kier alpha value is -1.59. The summed E-state index contributed by atoms with van der Waals surface area (Å²) in [5.74, 6) is 0.447. The van der Waals surface area contributed by atoms with E-state index in [1.807, 2.05) is 19.1 Å². The Morgan fingerprint density at radius 1 is 1.22 bits per heavy atom. The van der Waals surface area contributed by atoms with Gasteiger partial charge in [-0.3, -0.25) is 0 Å². The number of piperazine rings is 1. The zero-order valence-electron chi connectivity index (χ0n) is 14.9. The lowest BCUT2D eigenvalue weighted by atomic mass is 10.1. The molecule has 1 atom stereocenters. The van der Waals surface area contributed by atoms with Crippen LogP contribution in [0.1, 0.15) is 18.1 Å². The van der Waals surface area contributed by atoms with Crippen molar-refractivity contribution in [3.8, 4) is 0 Å². The van der Waals surface area contributed by atoms with Gasteiger partial charge in [0.25, 0.3) is 0 Å². The van der Waals surface area contributed by atoms with E-state index < -0.39 is 0 Å². The number of likely N-dealkylation sites (N-methyl/N-ethyl adjacent to an activating group) is 1. The van der Waals surface area contributed by atoms with Crippen LogP contribution in [0.25, 0.3) is 0 Å². The standard InChI is InChI=1S/C18H30N4O/c1-14(13-22-10-8-21(4)9-11-22)12-19-18(23)20-17-7-5-6-15(2)16(17)3/h5-7,14H,8-13H2,1-4H3,(H2,19,20,23)/t14-/m0/s1. The average Bonchev–Trinajstić information content (AvgIpc) is 2.52. The first-order chi connectivity index (χ1) is 11.0. The summed E-state index contributed by atoms with van der Waals surface area (Å²) in [6, 6.07) is 5.84. The number of anilines is 1. The number of nitrogens with one attached hydrogen (secondary N) is 2. The molecule has 0 spiro atoms. The zero-order chi connectivity index (χ0) is 16.8. The van der Waals surface area contributed by atoms with Gasteiger partial charge in [0.2, 0.25) is 0 Å². The van der Waals surface area contributed by atoms with Crippen molar-refractivity contribution < 1.29 is 4.79 Å². The number of hydrogen-bond donors (Lipinski definition) is 2. The number of rotatable bonds is 5. The third-order valence-corrected chi connectivity index (χ3v) is 4.63. The number of carbonyl (C=O) groups excluding carboxylic acids is 1. The van der Waals surface area contributed by atoms with E-state index in [0.717, 1.165) is 44.0 Å². The maximum Gasteiger partial charge on any atom is 0.319 e. The Balaban J connectivity index is 1.72. The summed E-state index contributed by atoms with van der Waals surface area (Å²) >= 11 is 0. The number of urea groups is 1. The SMILES string of the molecule is Cc1cccc(NC(=O)NC[C@H](C)CN2CCN(C)CC2)c1C. The minimum atomic E-state index is -0.121. The van der Waals surface area contributed by atoms with Gasteiger partial charge in [0.15, 0.2) is 0 Å². The fourth-order valence-electron chi connectivity index (χ4n) is 2.86. The summed E-state index contributed by atoms with van der Waals surface area (Å²) in [6.07, 6.45) is 0. The molecule has 128 valence electrons. The molecule has 1 aromatic carbocycles. The smallest absolute Gasteiger partial charge is 0.319 e. The van der Waals surface area contributed by atoms with Gasteiger partial charge in [-0.15, -0.1) is 0 Å². The van der Waals surface area contributed by atoms with E-state index in [2.05, 4.69) is 47.4 Å². The van der Waals surface area contributed by atoms with Crippen molar-refractivity contribution in [2.75, 3.05) is 51.6 Å². The third-order valence-electron chi connectivity index (χ3n) is 4.63. The van der Waals surface area contributed by atoms with Crippen molar-refractivity contribution in [2.45, 2.75) is 20.8 Å². The van der Waals surface area contributed by atoms with Gasteiger partial charge in [0.05, 0.1) is 0 Å². The lowest BCUT2D eigenvalue weighted by Gasteiger charge is -2.33. The van der Waals surface area contributed by atoms with Crippen LogP contribution in [-0.4, -0.2) is 62.1 Å². The number of carbonyl (C=O) groups is 1. The Kier molecular flexibility index (Phi) is 6.42. The summed E-state index contributed by atoms with van der Waals surface area (Å²) in [6.45, 7) is 12.5. The largest absolute Gasteiger partial charge is 0.338 e. The van der Waals surface area contributed by atoms with E-state index in [4.69, 9.17) is 0 Å². The van der Waals surface area contributed by atoms with E-state index in [1.54, 1.807) is 0 Å². The van der Waals surface area contributed by atoms with Crippen LogP contribution in [-0.2, 0) is 0 Å². The highest BCUT2D eigenvalue weighted by Gasteiger charge is 2.16. The molecule has 0 aliphatic carbocycles. The molecule has 1 heterocycles. The molecule has 23 heavy (non-hydrogen) atoms. The van der Waals surface area contributed by atoms with Crippen LogP contribution in [0.3, 0.4) is 0 Å². The summed E-state index contributed by atoms with van der Waals surface area (Å²) in [5.41, 5.74) is 3.19. The first-order valence-corrected chi connectivity index (χ1v) is 8.47. The number of nitrogens with zero attached hydrogens (tertiary/aromatic N) is 2. The maximum atomic E-state index is 12.1. The molecule has 0 aromatic heterocycles. The van der Waals surface area contributed by atoms with Gasteiger partial charge < -0.3 is 20.4 Å². The van der Waals surface area contributed by atoms with Gasteiger partial charge in [-0.25, -0.2) is 4.79 Å². The van der Waals surface area contributed by atoms with Gasteiger partial charge in [-0.05, 0) is 44.0 Å². The van der Waals surface area contributed by atoms with Crippen LogP contribution in [0.2, 0.25) is 0 Å². The van der Waals surface area contributed by atoms with Crippen LogP contribution in [0, 0.1) is 19.8 Å². The number of aryl methyl sites for hydroxylation is 1. The first-order valence-electron chi connectivity index (χ1n) is 8.47. The summed E-state index contributed by atoms with van der Waals surface area (Å²) in [7, 11) is 2.17. The molecule has 1 aliphatic heterocycles. The molecule has 0 bridgehead atoms. The van der Waals surface area contributed by atoms with Crippen LogP contribution in [0.5, 0.6) is 0 Å². The predicted molar refractivity (Wildman–Crippen MR) is 96.0 cm³/mol. The molecule has 1 aromatic rings. The normalized spacial score (nSPS) is 17.7. The first kappa shape index (κ1) is 17.8. The number of benzene rings is 1. The fourth-order valence-corrected chi connectivity index (χ4v) is 2.86. The van der Waals surface area contributed by atoms with Gasteiger partial charge in [-0.1, -0.05) is 19.1 Å². The van der Waals surface area contributed by atoms with Crippen molar-refractivity contribution in [3.63, 3.8) is 0 Å². The van der Waals surface area contributed by atoms with Crippen molar-refractivity contribution in [1.82, 2.24) is 15.1 Å². The van der Waals surface area contributed by atoms with Gasteiger partial charge in [0.1, 0.15) is 0 Å². The Labute approximate surface area is 140 Å². The van der Waals surface area contributed by atoms with Crippen molar-refractivity contribution in [1.29, 1.82) is 0 Å². The highest BCUT2D eigenvalue weighted by molar-refractivity contribution is 5.90. The second kappa shape index (κ2) is 8.31. The second-order valence-electron chi connectivity index (χ2n) is 6.79. The van der Waals surface area contributed by atoms with Crippen molar-refractivity contribution in [3.05, 3.63) is 29.3 Å². The monoisotopic (exact) mass is 318 g/mol. The van der Waals surface area contributed by atoms with Crippen LogP contribution >= 0.6 is 0 Å². The Bertz CT molecular complexity index is 524. The molecule has 5 heteroatoms. The zero-order valence-corrected chi connectivity index (χ0v) is 14.9. The Morgan fingerprint density at radius 2 is 1.91 bits per heavy atom. The molecule has 1 saturated heterocycles. The molecule has 2 N–H and O–H groups in total. The molecule has 2 rings (SSSR count). The minimum absolute atomic E-state index is 0.121. The fraction of sp³-hybridized carbons (Fsp3) is 0.611. The summed E-state index contributed by atoms with van der Waals surface area (Å²) in [5, 5.41) is 5.93. The number of amides is 2. The quantitative estimate of drug-likeness (QED) is 0.876. The molecule has 5 nitrogen and oxygen atoms in total. The van der Waals surface area contributed by atoms with Crippen LogP contribution in [0.15, 0.2) is 18.2 Å². The van der Waals surface area contributed by atoms with Crippen LogP contribution < -0.4 is 10.6 Å². The summed E-state index contributed by atoms with van der Waals surface area (Å²) < 4.78 is 0. The highest BCUT2D eigenvalue weighted by Crippen LogP contribution is 2.17. The predicted octanol–water partition coefficient (Wildman–Crippen LogP) is 2.31. The van der Waals surface area contributed by atoms with Crippen molar-refractivity contribution in [2.24, 2.45) is 5.92 Å². The summed E-state index contributed by atoms with van der Waals surface area (Å²) in [4.78, 5) is 16.9. The molecule has 0 saturated carbocycles. The number of hydrogen-bond acceptors (Lipinski definition) is 3. The van der Waals surface area contributed by atoms with E-state index >= 15 is 0 Å². The van der Waals surface area contributed by atoms with E-state index in [0.29, 0.717) is 12.5 Å². The molecular weight excluding hydrogens is 288 g/mol. The topological polar surface area (TPSA) is 47.6 Å². The molecule has 0 unspecified atom stereocenters. The third kappa shape index (κ3) is 5.52. The van der Waals surface area contributed by atoms with E-state index in [-0.39, 0.29) is 6.03 Å². The average molecular weight is 318 g/mol. The van der Waals surface area contributed by atoms with E-state index in [1.165, 1.54) is 5.56 Å². The van der Waals surface area contributed by atoms with Crippen molar-refractivity contribution >= 4 is 11.7 Å². The molecule has 0 radical (unpaired) electrons. The Morgan fingerprint density at radius 3 is 2.61 bits per heavy atom. The minimum Gasteiger partial charge on any atom is -0.338 e. The maximum absolute atomic E-state index is 12.1. The van der Waals surface area contributed by atoms with Crippen LogP contribution in [0.4, 0.5) is 10.5 Å².